The normalized spacial score (nSPS) is 11.0. The van der Waals surface area contributed by atoms with E-state index in [2.05, 4.69) is 11.1 Å². The molecule has 2 aromatic heterocycles. The lowest BCUT2D eigenvalue weighted by Gasteiger charge is -2.04. The van der Waals surface area contributed by atoms with Crippen LogP contribution in [0.15, 0.2) is 54.7 Å². The van der Waals surface area contributed by atoms with Gasteiger partial charge in [0.1, 0.15) is 12.2 Å². The zero-order valence-corrected chi connectivity index (χ0v) is 13.7. The Labute approximate surface area is 145 Å². The zero-order chi connectivity index (χ0) is 17.4. The molecule has 0 saturated heterocycles. The molecule has 0 spiro atoms. The Morgan fingerprint density at radius 2 is 2.00 bits per heavy atom. The number of carboxylic acid groups (broad SMARTS) is 1. The van der Waals surface area contributed by atoms with E-state index in [0.29, 0.717) is 5.75 Å². The Morgan fingerprint density at radius 1 is 1.16 bits per heavy atom. The first kappa shape index (κ1) is 15.3. The van der Waals surface area contributed by atoms with Crippen LogP contribution in [-0.2, 0) is 9.59 Å². The van der Waals surface area contributed by atoms with Crippen molar-refractivity contribution in [3.05, 3.63) is 54.7 Å². The standard InChI is InChI=1S/C18H12N2O4S/c21-16(22)9-17(23)24-12-5-3-4-11(8-12)13-10-20-14-6-1-2-7-15(14)25-18(20)19-13/h1-8,10H,9H2,(H,21,22). The molecule has 0 radical (unpaired) electrons. The first-order valence-electron chi connectivity index (χ1n) is 7.50. The lowest BCUT2D eigenvalue weighted by molar-refractivity contribution is -0.145. The number of carbonyl (C=O) groups excluding carboxylic acids is 1. The number of hydrogen-bond acceptors (Lipinski definition) is 5. The predicted octanol–water partition coefficient (Wildman–Crippen LogP) is 3.60. The molecule has 7 heteroatoms. The highest BCUT2D eigenvalue weighted by Gasteiger charge is 2.13. The summed E-state index contributed by atoms with van der Waals surface area (Å²) >= 11 is 1.60. The van der Waals surface area contributed by atoms with Gasteiger partial charge in [0.15, 0.2) is 4.96 Å². The van der Waals surface area contributed by atoms with Crippen LogP contribution in [0, 0.1) is 0 Å². The fourth-order valence-corrected chi connectivity index (χ4v) is 3.61. The minimum absolute atomic E-state index is 0.296. The topological polar surface area (TPSA) is 80.9 Å². The molecule has 6 nitrogen and oxygen atoms in total. The van der Waals surface area contributed by atoms with Gasteiger partial charge < -0.3 is 9.84 Å². The Hall–Kier alpha value is -3.19. The quantitative estimate of drug-likeness (QED) is 0.345. The maximum atomic E-state index is 11.5. The number of benzene rings is 2. The molecule has 4 rings (SSSR count). The molecule has 0 aliphatic rings. The van der Waals surface area contributed by atoms with Crippen LogP contribution in [-0.4, -0.2) is 26.4 Å². The Morgan fingerprint density at radius 3 is 2.84 bits per heavy atom. The van der Waals surface area contributed by atoms with Crippen molar-refractivity contribution in [1.29, 1.82) is 0 Å². The molecule has 0 fully saturated rings. The van der Waals surface area contributed by atoms with E-state index in [1.807, 2.05) is 34.9 Å². The predicted molar refractivity (Wildman–Crippen MR) is 93.9 cm³/mol. The van der Waals surface area contributed by atoms with Gasteiger partial charge in [-0.3, -0.25) is 14.0 Å². The highest BCUT2D eigenvalue weighted by Crippen LogP contribution is 2.30. The number of carboxylic acids is 1. The third-order valence-electron chi connectivity index (χ3n) is 3.66. The number of para-hydroxylation sites is 1. The van der Waals surface area contributed by atoms with E-state index in [1.54, 1.807) is 29.5 Å². The molecule has 0 aliphatic heterocycles. The van der Waals surface area contributed by atoms with Crippen molar-refractivity contribution >= 4 is 38.5 Å². The lowest BCUT2D eigenvalue weighted by Crippen LogP contribution is -2.13. The Kier molecular flexibility index (Phi) is 3.70. The number of rotatable bonds is 4. The van der Waals surface area contributed by atoms with Gasteiger partial charge >= 0.3 is 11.9 Å². The number of carbonyl (C=O) groups is 2. The average Bonchev–Trinajstić information content (AvgIpc) is 3.12. The molecule has 0 atom stereocenters. The summed E-state index contributed by atoms with van der Waals surface area (Å²) in [6.45, 7) is 0. The maximum absolute atomic E-state index is 11.5. The molecule has 25 heavy (non-hydrogen) atoms. The second-order valence-corrected chi connectivity index (χ2v) is 6.43. The second-order valence-electron chi connectivity index (χ2n) is 5.42. The highest BCUT2D eigenvalue weighted by atomic mass is 32.1. The molecule has 0 unspecified atom stereocenters. The van der Waals surface area contributed by atoms with Crippen LogP contribution in [0.4, 0.5) is 0 Å². The number of thiazole rings is 1. The van der Waals surface area contributed by atoms with Gasteiger partial charge in [-0.15, -0.1) is 0 Å². The summed E-state index contributed by atoms with van der Waals surface area (Å²) in [5.41, 5.74) is 2.64. The fourth-order valence-electron chi connectivity index (χ4n) is 2.60. The van der Waals surface area contributed by atoms with Gasteiger partial charge in [-0.1, -0.05) is 35.6 Å². The molecular weight excluding hydrogens is 340 g/mol. The van der Waals surface area contributed by atoms with E-state index in [4.69, 9.17) is 9.84 Å². The van der Waals surface area contributed by atoms with Crippen molar-refractivity contribution in [3.63, 3.8) is 0 Å². The van der Waals surface area contributed by atoms with E-state index in [0.717, 1.165) is 26.4 Å². The lowest BCUT2D eigenvalue weighted by atomic mass is 10.1. The van der Waals surface area contributed by atoms with E-state index in [-0.39, 0.29) is 0 Å². The molecule has 0 aliphatic carbocycles. The van der Waals surface area contributed by atoms with Gasteiger partial charge in [0.05, 0.1) is 15.9 Å². The summed E-state index contributed by atoms with van der Waals surface area (Å²) in [6, 6.07) is 15.0. The fraction of sp³-hybridized carbons (Fsp3) is 0.0556. The van der Waals surface area contributed by atoms with Gasteiger partial charge in [-0.2, -0.15) is 0 Å². The summed E-state index contributed by atoms with van der Waals surface area (Å²) in [7, 11) is 0. The minimum atomic E-state index is -1.22. The Bertz CT molecular complexity index is 1110. The number of fused-ring (bicyclic) bond motifs is 3. The molecule has 1 N–H and O–H groups in total. The van der Waals surface area contributed by atoms with Crippen LogP contribution < -0.4 is 4.74 Å². The van der Waals surface area contributed by atoms with Gasteiger partial charge in [0.25, 0.3) is 0 Å². The van der Waals surface area contributed by atoms with Crippen LogP contribution >= 0.6 is 11.3 Å². The maximum Gasteiger partial charge on any atom is 0.322 e. The second kappa shape index (κ2) is 6.03. The van der Waals surface area contributed by atoms with Crippen molar-refractivity contribution < 1.29 is 19.4 Å². The van der Waals surface area contributed by atoms with Crippen molar-refractivity contribution in [1.82, 2.24) is 9.38 Å². The number of aliphatic carboxylic acids is 1. The van der Waals surface area contributed by atoms with Crippen molar-refractivity contribution in [2.45, 2.75) is 6.42 Å². The van der Waals surface area contributed by atoms with Crippen LogP contribution in [0.5, 0.6) is 5.75 Å². The molecule has 2 heterocycles. The number of esters is 1. The monoisotopic (exact) mass is 352 g/mol. The van der Waals surface area contributed by atoms with Gasteiger partial charge in [-0.25, -0.2) is 4.98 Å². The number of hydrogen-bond donors (Lipinski definition) is 1. The average molecular weight is 352 g/mol. The molecule has 0 saturated carbocycles. The first-order valence-corrected chi connectivity index (χ1v) is 8.31. The van der Waals surface area contributed by atoms with Gasteiger partial charge in [0.2, 0.25) is 0 Å². The third kappa shape index (κ3) is 2.97. The van der Waals surface area contributed by atoms with E-state index in [1.165, 1.54) is 0 Å². The third-order valence-corrected chi connectivity index (χ3v) is 4.69. The van der Waals surface area contributed by atoms with Crippen LogP contribution in [0.25, 0.3) is 26.4 Å². The number of nitrogens with zero attached hydrogens (tertiary/aromatic N) is 2. The van der Waals surface area contributed by atoms with E-state index in [9.17, 15) is 9.59 Å². The van der Waals surface area contributed by atoms with Crippen LogP contribution in [0.2, 0.25) is 0 Å². The molecule has 124 valence electrons. The molecule has 2 aromatic carbocycles. The van der Waals surface area contributed by atoms with Crippen molar-refractivity contribution in [2.75, 3.05) is 0 Å². The van der Waals surface area contributed by atoms with Gasteiger partial charge in [-0.05, 0) is 24.3 Å². The summed E-state index contributed by atoms with van der Waals surface area (Å²) in [4.78, 5) is 27.6. The van der Waals surface area contributed by atoms with E-state index < -0.39 is 18.4 Å². The highest BCUT2D eigenvalue weighted by molar-refractivity contribution is 7.23. The smallest absolute Gasteiger partial charge is 0.322 e. The number of imidazole rings is 1. The minimum Gasteiger partial charge on any atom is -0.481 e. The number of ether oxygens (including phenoxy) is 1. The van der Waals surface area contributed by atoms with Crippen molar-refractivity contribution in [3.8, 4) is 17.0 Å². The van der Waals surface area contributed by atoms with E-state index >= 15 is 0 Å². The van der Waals surface area contributed by atoms with Crippen molar-refractivity contribution in [2.24, 2.45) is 0 Å². The summed E-state index contributed by atoms with van der Waals surface area (Å²) < 4.78 is 8.25. The summed E-state index contributed by atoms with van der Waals surface area (Å²) in [5, 5.41) is 8.63. The number of aromatic nitrogens is 2. The molecular formula is C18H12N2O4S. The zero-order valence-electron chi connectivity index (χ0n) is 12.9. The van der Waals surface area contributed by atoms with Crippen LogP contribution in [0.3, 0.4) is 0 Å². The SMILES string of the molecule is O=C(O)CC(=O)Oc1cccc(-c2cn3c(n2)sc2ccccc23)c1. The molecule has 4 aromatic rings. The molecule has 0 amide bonds. The Balaban J connectivity index is 1.67. The first-order chi connectivity index (χ1) is 12.1. The van der Waals surface area contributed by atoms with Gasteiger partial charge in [0, 0.05) is 11.8 Å². The molecule has 0 bridgehead atoms. The summed E-state index contributed by atoms with van der Waals surface area (Å²) in [5.74, 6) is -1.73. The summed E-state index contributed by atoms with van der Waals surface area (Å²) in [6.07, 6.45) is 1.27. The van der Waals surface area contributed by atoms with Crippen LogP contribution in [0.1, 0.15) is 6.42 Å². The largest absolute Gasteiger partial charge is 0.481 e.